The molecule has 0 aromatic heterocycles. The highest BCUT2D eigenvalue weighted by Crippen LogP contribution is 2.19. The number of carbonyl (C=O) groups is 3. The summed E-state index contributed by atoms with van der Waals surface area (Å²) in [5.74, 6) is -1.98. The Hall–Kier alpha value is -3.27. The van der Waals surface area contributed by atoms with Crippen LogP contribution < -0.4 is 0 Å². The summed E-state index contributed by atoms with van der Waals surface area (Å²) in [6, 6.07) is 0. The van der Waals surface area contributed by atoms with Crippen molar-refractivity contribution < 1.29 is 42.9 Å². The molecule has 0 radical (unpaired) electrons. The lowest BCUT2D eigenvalue weighted by atomic mass is 10.0. The van der Waals surface area contributed by atoms with Crippen LogP contribution in [0.4, 0.5) is 0 Å². The summed E-state index contributed by atoms with van der Waals surface area (Å²) in [5.41, 5.74) is 0. The minimum atomic E-state index is -1.51. The van der Waals surface area contributed by atoms with Gasteiger partial charge in [0.2, 0.25) is 0 Å². The van der Waals surface area contributed by atoms with Gasteiger partial charge in [0.15, 0.2) is 6.10 Å². The molecule has 0 spiro atoms. The van der Waals surface area contributed by atoms with Crippen LogP contribution in [0.1, 0.15) is 361 Å². The number of nitrogens with zero attached hydrogens (tertiary/aromatic N) is 1. The van der Waals surface area contributed by atoms with Crippen LogP contribution in [0.5, 0.6) is 0 Å². The summed E-state index contributed by atoms with van der Waals surface area (Å²) in [7, 11) is 5.99. The minimum Gasteiger partial charge on any atom is -0.477 e. The van der Waals surface area contributed by atoms with Gasteiger partial charge in [0.25, 0.3) is 6.29 Å². The number of carboxylic acid groups (broad SMARTS) is 1. The van der Waals surface area contributed by atoms with Gasteiger partial charge in [-0.2, -0.15) is 0 Å². The molecule has 2 unspecified atom stereocenters. The number of likely N-dealkylation sites (N-methyl/N-ethyl adjacent to an activating group) is 1. The van der Waals surface area contributed by atoms with Gasteiger partial charge in [0.1, 0.15) is 13.2 Å². The van der Waals surface area contributed by atoms with E-state index in [9.17, 15) is 19.5 Å². The Kier molecular flexibility index (Phi) is 68.0. The lowest BCUT2D eigenvalue weighted by Gasteiger charge is -2.25. The van der Waals surface area contributed by atoms with Crippen molar-refractivity contribution in [3.63, 3.8) is 0 Å². The van der Waals surface area contributed by atoms with Crippen molar-refractivity contribution in [3.8, 4) is 0 Å². The van der Waals surface area contributed by atoms with Gasteiger partial charge in [-0.15, -0.1) is 0 Å². The molecule has 9 heteroatoms. The molecule has 0 heterocycles. The van der Waals surface area contributed by atoms with Crippen LogP contribution in [0.15, 0.2) is 72.9 Å². The molecule has 0 fully saturated rings. The van der Waals surface area contributed by atoms with Gasteiger partial charge < -0.3 is 28.5 Å². The van der Waals surface area contributed by atoms with Crippen molar-refractivity contribution in [2.24, 2.45) is 0 Å². The first-order valence-corrected chi connectivity index (χ1v) is 38.1. The number of hydrogen-bond acceptors (Lipinski definition) is 7. The van der Waals surface area contributed by atoms with Gasteiger partial charge in [-0.05, 0) is 83.5 Å². The Labute approximate surface area is 551 Å². The molecular weight excluding hydrogens is 1100 g/mol. The smallest absolute Gasteiger partial charge is 0.361 e. The fourth-order valence-electron chi connectivity index (χ4n) is 11.2. The van der Waals surface area contributed by atoms with E-state index in [1.54, 1.807) is 0 Å². The fraction of sp³-hybridized carbons (Fsp3) is 0.812. The van der Waals surface area contributed by atoms with Crippen molar-refractivity contribution in [1.82, 2.24) is 0 Å². The van der Waals surface area contributed by atoms with E-state index in [4.69, 9.17) is 18.9 Å². The number of unbranched alkanes of at least 4 members (excludes halogenated alkanes) is 44. The predicted octanol–water partition coefficient (Wildman–Crippen LogP) is 24.0. The van der Waals surface area contributed by atoms with Gasteiger partial charge in [0, 0.05) is 12.8 Å². The van der Waals surface area contributed by atoms with Crippen LogP contribution in [0.3, 0.4) is 0 Å². The molecule has 2 atom stereocenters. The molecule has 89 heavy (non-hydrogen) atoms. The summed E-state index contributed by atoms with van der Waals surface area (Å²) in [6.45, 7) is 4.81. The normalized spacial score (nSPS) is 13.0. The van der Waals surface area contributed by atoms with Crippen LogP contribution in [0.25, 0.3) is 0 Å². The van der Waals surface area contributed by atoms with E-state index in [1.165, 1.54) is 263 Å². The van der Waals surface area contributed by atoms with E-state index in [0.29, 0.717) is 17.4 Å². The Bertz CT molecular complexity index is 1690. The third kappa shape index (κ3) is 72.0. The number of carbonyl (C=O) groups excluding carboxylic acids is 2. The van der Waals surface area contributed by atoms with E-state index >= 15 is 0 Å². The van der Waals surface area contributed by atoms with Crippen molar-refractivity contribution in [2.45, 2.75) is 373 Å². The van der Waals surface area contributed by atoms with Crippen molar-refractivity contribution >= 4 is 17.9 Å². The van der Waals surface area contributed by atoms with Crippen molar-refractivity contribution in [3.05, 3.63) is 72.9 Å². The number of aliphatic carboxylic acids is 1. The zero-order valence-corrected chi connectivity index (χ0v) is 59.3. The molecule has 0 saturated carbocycles. The first kappa shape index (κ1) is 85.7. The van der Waals surface area contributed by atoms with Crippen LogP contribution in [0.2, 0.25) is 0 Å². The SMILES string of the molecule is CC/C=C\C/C=C\C/C=C\C/C=C\CCCCCCCCCCCCCCCCCCCCC(=O)OC(COC(=O)CCCCCCCCCCCCCCCCCCCCCCC/C=C\C/C=C\CCCCCCC)COC(OCC[N+](C)(C)C)C(=O)O. The molecule has 1 N–H and O–H groups in total. The molecular formula is C80H146NO8+. The molecule has 0 amide bonds. The zero-order valence-electron chi connectivity index (χ0n) is 59.3. The summed E-state index contributed by atoms with van der Waals surface area (Å²) < 4.78 is 23.0. The summed E-state index contributed by atoms with van der Waals surface area (Å²) in [5, 5.41) is 9.76. The summed E-state index contributed by atoms with van der Waals surface area (Å²) in [4.78, 5) is 37.7. The minimum absolute atomic E-state index is 0.179. The average molecular weight is 1250 g/mol. The fourth-order valence-corrected chi connectivity index (χ4v) is 11.2. The Morgan fingerprint density at radius 3 is 0.955 bits per heavy atom. The van der Waals surface area contributed by atoms with E-state index in [2.05, 4.69) is 86.8 Å². The monoisotopic (exact) mass is 1250 g/mol. The molecule has 9 nitrogen and oxygen atoms in total. The van der Waals surface area contributed by atoms with E-state index in [-0.39, 0.29) is 38.2 Å². The lowest BCUT2D eigenvalue weighted by molar-refractivity contribution is -0.870. The predicted molar refractivity (Wildman–Crippen MR) is 383 cm³/mol. The average Bonchev–Trinajstić information content (AvgIpc) is 3.64. The van der Waals surface area contributed by atoms with E-state index < -0.39 is 18.4 Å². The molecule has 0 rings (SSSR count). The number of ether oxygens (including phenoxy) is 4. The Morgan fingerprint density at radius 1 is 0.348 bits per heavy atom. The van der Waals surface area contributed by atoms with Crippen LogP contribution in [-0.4, -0.2) is 87.4 Å². The molecule has 0 aliphatic carbocycles. The van der Waals surface area contributed by atoms with Gasteiger partial charge in [-0.1, -0.05) is 337 Å². The second-order valence-electron chi connectivity index (χ2n) is 26.9. The largest absolute Gasteiger partial charge is 0.477 e. The molecule has 0 aliphatic heterocycles. The van der Waals surface area contributed by atoms with Crippen molar-refractivity contribution in [1.29, 1.82) is 0 Å². The maximum absolute atomic E-state index is 13.0. The zero-order chi connectivity index (χ0) is 64.7. The maximum Gasteiger partial charge on any atom is 0.361 e. The second kappa shape index (κ2) is 70.6. The van der Waals surface area contributed by atoms with Gasteiger partial charge in [-0.3, -0.25) is 9.59 Å². The highest BCUT2D eigenvalue weighted by atomic mass is 16.7. The number of carboxylic acids is 1. The number of quaternary nitrogens is 1. The highest BCUT2D eigenvalue weighted by Gasteiger charge is 2.25. The molecule has 518 valence electrons. The summed E-state index contributed by atoms with van der Waals surface area (Å²) >= 11 is 0. The third-order valence-electron chi connectivity index (χ3n) is 16.9. The van der Waals surface area contributed by atoms with Gasteiger partial charge >= 0.3 is 17.9 Å². The molecule has 0 saturated heterocycles. The lowest BCUT2D eigenvalue weighted by Crippen LogP contribution is -2.40. The van der Waals surface area contributed by atoms with Gasteiger partial charge in [-0.25, -0.2) is 4.79 Å². The van der Waals surface area contributed by atoms with Crippen molar-refractivity contribution in [2.75, 3.05) is 47.5 Å². The number of hydrogen-bond donors (Lipinski definition) is 1. The Morgan fingerprint density at radius 2 is 0.640 bits per heavy atom. The second-order valence-corrected chi connectivity index (χ2v) is 26.9. The van der Waals surface area contributed by atoms with Crippen LogP contribution in [-0.2, 0) is 33.3 Å². The van der Waals surface area contributed by atoms with Crippen LogP contribution in [0, 0.1) is 0 Å². The van der Waals surface area contributed by atoms with Gasteiger partial charge in [0.05, 0.1) is 34.4 Å². The quantitative estimate of drug-likeness (QED) is 0.0211. The van der Waals surface area contributed by atoms with Crippen LogP contribution >= 0.6 is 0 Å². The number of esters is 2. The molecule has 0 bridgehead atoms. The summed E-state index contributed by atoms with van der Waals surface area (Å²) in [6.07, 6.45) is 91.8. The molecule has 0 aromatic rings. The molecule has 0 aliphatic rings. The first-order valence-electron chi connectivity index (χ1n) is 38.1. The number of rotatable bonds is 71. The third-order valence-corrected chi connectivity index (χ3v) is 16.9. The molecule has 0 aromatic carbocycles. The first-order chi connectivity index (χ1) is 43.6. The number of allylic oxidation sites excluding steroid dienone is 12. The highest BCUT2D eigenvalue weighted by molar-refractivity contribution is 5.71. The van der Waals surface area contributed by atoms with E-state index in [0.717, 1.165) is 70.6 Å². The maximum atomic E-state index is 13.0. The Balaban J connectivity index is 4.02. The topological polar surface area (TPSA) is 108 Å². The standard InChI is InChI=1S/C80H145NO8/c1-6-8-10-12-14-16-18-20-22-24-26-28-30-32-34-36-38-39-41-42-44-46-48-50-52-54-56-58-60-62-64-66-68-70-77(82)87-74-76(75-88-80(79(84)85)86-73-72-81(3,4)5)89-78(83)71-69-67-65-63-61-59-57-55-53-51-49-47-45-43-40-37-35-33-31-29-27-25-23-21-19-17-15-13-11-9-7-2/h9,11,15,17-18,20-21,23-24,26-27,29,76,80H,6-8,10,12-14,16,19,22,25,28,30-75H2,1-5H3/p+1/b11-9-,17-15-,20-18-,23-21-,26-24-,29-27-. The van der Waals surface area contributed by atoms with E-state index in [1.807, 2.05) is 21.1 Å².